The third-order valence-corrected chi connectivity index (χ3v) is 4.20. The summed E-state index contributed by atoms with van der Waals surface area (Å²) < 4.78 is 5.64. The van der Waals surface area contributed by atoms with Gasteiger partial charge in [0.15, 0.2) is 5.89 Å². The lowest BCUT2D eigenvalue weighted by atomic mass is 9.94. The summed E-state index contributed by atoms with van der Waals surface area (Å²) in [6.07, 6.45) is 7.57. The number of likely N-dealkylation sites (tertiary alicyclic amines) is 1. The van der Waals surface area contributed by atoms with Crippen molar-refractivity contribution in [1.29, 1.82) is 0 Å². The molecule has 0 spiro atoms. The van der Waals surface area contributed by atoms with Gasteiger partial charge in [-0.2, -0.15) is 0 Å². The Hall–Kier alpha value is -0.870. The first-order chi connectivity index (χ1) is 9.69. The average molecular weight is 279 g/mol. The number of hydrogen-bond acceptors (Lipinski definition) is 4. The van der Waals surface area contributed by atoms with Crippen LogP contribution in [0.5, 0.6) is 0 Å². The van der Waals surface area contributed by atoms with E-state index >= 15 is 0 Å². The molecule has 2 rings (SSSR count). The number of piperidine rings is 1. The van der Waals surface area contributed by atoms with Gasteiger partial charge >= 0.3 is 0 Å². The number of rotatable bonds is 7. The van der Waals surface area contributed by atoms with E-state index in [-0.39, 0.29) is 0 Å². The number of aryl methyl sites for hydroxylation is 1. The lowest BCUT2D eigenvalue weighted by Gasteiger charge is -2.35. The van der Waals surface area contributed by atoms with Crippen LogP contribution in [0.15, 0.2) is 10.7 Å². The zero-order valence-electron chi connectivity index (χ0n) is 13.2. The van der Waals surface area contributed by atoms with Crippen LogP contribution < -0.4 is 5.32 Å². The van der Waals surface area contributed by atoms with Crippen LogP contribution in [0.3, 0.4) is 0 Å². The van der Waals surface area contributed by atoms with Crippen molar-refractivity contribution in [2.75, 3.05) is 26.7 Å². The molecule has 1 aliphatic rings. The fourth-order valence-electron chi connectivity index (χ4n) is 2.98. The molecule has 1 unspecified atom stereocenters. The Labute approximate surface area is 122 Å². The first kappa shape index (κ1) is 15.5. The highest BCUT2D eigenvalue weighted by atomic mass is 16.3. The molecule has 0 aromatic carbocycles. The van der Waals surface area contributed by atoms with E-state index in [4.69, 9.17) is 4.42 Å². The maximum absolute atomic E-state index is 5.64. The Kier molecular flexibility index (Phi) is 6.05. The molecule has 1 fully saturated rings. The standard InChI is InChI=1S/C16H29N3O/c1-13(2)19-9-5-6-14(11-19)10-16-18-15(12-20-16)7-4-8-17-3/h12-14,17H,4-11H2,1-3H3. The Bertz CT molecular complexity index is 389. The Morgan fingerprint density at radius 1 is 1.50 bits per heavy atom. The fourth-order valence-corrected chi connectivity index (χ4v) is 2.98. The van der Waals surface area contributed by atoms with Gasteiger partial charge in [0.1, 0.15) is 6.26 Å². The SMILES string of the molecule is CNCCCc1coc(CC2CCCN(C(C)C)C2)n1. The van der Waals surface area contributed by atoms with Crippen molar-refractivity contribution in [2.24, 2.45) is 5.92 Å². The fraction of sp³-hybridized carbons (Fsp3) is 0.812. The van der Waals surface area contributed by atoms with E-state index in [1.165, 1.54) is 25.9 Å². The minimum atomic E-state index is 0.652. The van der Waals surface area contributed by atoms with E-state index in [0.29, 0.717) is 12.0 Å². The van der Waals surface area contributed by atoms with Crippen LogP contribution in [0.4, 0.5) is 0 Å². The Morgan fingerprint density at radius 3 is 3.10 bits per heavy atom. The van der Waals surface area contributed by atoms with Gasteiger partial charge in [0.2, 0.25) is 0 Å². The van der Waals surface area contributed by atoms with Crippen LogP contribution in [0.2, 0.25) is 0 Å². The molecule has 1 aliphatic heterocycles. The zero-order valence-corrected chi connectivity index (χ0v) is 13.2. The number of oxazole rings is 1. The molecule has 1 saturated heterocycles. The molecule has 2 heterocycles. The number of aromatic nitrogens is 1. The molecule has 1 aromatic rings. The second-order valence-corrected chi connectivity index (χ2v) is 6.24. The highest BCUT2D eigenvalue weighted by Gasteiger charge is 2.23. The van der Waals surface area contributed by atoms with Gasteiger partial charge in [-0.15, -0.1) is 0 Å². The summed E-state index contributed by atoms with van der Waals surface area (Å²) in [4.78, 5) is 7.21. The van der Waals surface area contributed by atoms with E-state index < -0.39 is 0 Å². The van der Waals surface area contributed by atoms with Crippen molar-refractivity contribution in [3.05, 3.63) is 17.8 Å². The maximum atomic E-state index is 5.64. The van der Waals surface area contributed by atoms with Crippen molar-refractivity contribution >= 4 is 0 Å². The molecule has 4 heteroatoms. The molecular weight excluding hydrogens is 250 g/mol. The van der Waals surface area contributed by atoms with Gasteiger partial charge in [0, 0.05) is 19.0 Å². The predicted molar refractivity (Wildman–Crippen MR) is 81.9 cm³/mol. The molecule has 0 amide bonds. The first-order valence-corrected chi connectivity index (χ1v) is 8.01. The molecule has 0 aliphatic carbocycles. The summed E-state index contributed by atoms with van der Waals surface area (Å²) in [5, 5.41) is 3.16. The zero-order chi connectivity index (χ0) is 14.4. The normalized spacial score (nSPS) is 20.7. The maximum Gasteiger partial charge on any atom is 0.194 e. The summed E-state index contributed by atoms with van der Waals surface area (Å²) in [5.74, 6) is 1.63. The molecule has 114 valence electrons. The van der Waals surface area contributed by atoms with E-state index in [2.05, 4.69) is 29.0 Å². The quantitative estimate of drug-likeness (QED) is 0.779. The van der Waals surface area contributed by atoms with Crippen molar-refractivity contribution < 1.29 is 4.42 Å². The molecule has 1 aromatic heterocycles. The second-order valence-electron chi connectivity index (χ2n) is 6.24. The number of hydrogen-bond donors (Lipinski definition) is 1. The highest BCUT2D eigenvalue weighted by Crippen LogP contribution is 2.22. The van der Waals surface area contributed by atoms with Crippen LogP contribution in [-0.2, 0) is 12.8 Å². The van der Waals surface area contributed by atoms with Gasteiger partial charge in [-0.05, 0) is 65.6 Å². The third kappa shape index (κ3) is 4.60. The topological polar surface area (TPSA) is 41.3 Å². The van der Waals surface area contributed by atoms with E-state index in [0.717, 1.165) is 37.4 Å². The first-order valence-electron chi connectivity index (χ1n) is 8.01. The smallest absolute Gasteiger partial charge is 0.194 e. The van der Waals surface area contributed by atoms with Crippen molar-refractivity contribution in [3.8, 4) is 0 Å². The monoisotopic (exact) mass is 279 g/mol. The van der Waals surface area contributed by atoms with Crippen LogP contribution in [0.1, 0.15) is 44.7 Å². The van der Waals surface area contributed by atoms with Gasteiger partial charge < -0.3 is 14.6 Å². The minimum absolute atomic E-state index is 0.652. The lowest BCUT2D eigenvalue weighted by Crippen LogP contribution is -2.40. The van der Waals surface area contributed by atoms with Crippen LogP contribution >= 0.6 is 0 Å². The van der Waals surface area contributed by atoms with Crippen molar-refractivity contribution in [2.45, 2.75) is 52.0 Å². The van der Waals surface area contributed by atoms with Crippen LogP contribution in [-0.4, -0.2) is 42.6 Å². The molecule has 4 nitrogen and oxygen atoms in total. The molecule has 1 N–H and O–H groups in total. The lowest BCUT2D eigenvalue weighted by molar-refractivity contribution is 0.136. The molecule has 1 atom stereocenters. The molecule has 0 radical (unpaired) electrons. The van der Waals surface area contributed by atoms with E-state index in [1.54, 1.807) is 0 Å². The number of nitrogens with one attached hydrogen (secondary N) is 1. The highest BCUT2D eigenvalue weighted by molar-refractivity contribution is 4.98. The van der Waals surface area contributed by atoms with E-state index in [1.807, 2.05) is 13.3 Å². The van der Waals surface area contributed by atoms with Crippen LogP contribution in [0, 0.1) is 5.92 Å². The van der Waals surface area contributed by atoms with Crippen molar-refractivity contribution in [3.63, 3.8) is 0 Å². The summed E-state index contributed by atoms with van der Waals surface area (Å²) in [6, 6.07) is 0.652. The minimum Gasteiger partial charge on any atom is -0.449 e. The molecule has 0 bridgehead atoms. The van der Waals surface area contributed by atoms with Gasteiger partial charge in [0.25, 0.3) is 0 Å². The third-order valence-electron chi connectivity index (χ3n) is 4.20. The van der Waals surface area contributed by atoms with Gasteiger partial charge in [0.05, 0.1) is 5.69 Å². The molecule has 20 heavy (non-hydrogen) atoms. The predicted octanol–water partition coefficient (Wildman–Crippen LogP) is 2.49. The second kappa shape index (κ2) is 7.79. The van der Waals surface area contributed by atoms with Crippen molar-refractivity contribution in [1.82, 2.24) is 15.2 Å². The Morgan fingerprint density at radius 2 is 2.35 bits per heavy atom. The summed E-state index contributed by atoms with van der Waals surface area (Å²) in [5.41, 5.74) is 1.10. The summed E-state index contributed by atoms with van der Waals surface area (Å²) in [6.45, 7) is 8.04. The van der Waals surface area contributed by atoms with E-state index in [9.17, 15) is 0 Å². The summed E-state index contributed by atoms with van der Waals surface area (Å²) in [7, 11) is 1.98. The largest absolute Gasteiger partial charge is 0.449 e. The van der Waals surface area contributed by atoms with Gasteiger partial charge in [-0.25, -0.2) is 4.98 Å². The molecule has 0 saturated carbocycles. The van der Waals surface area contributed by atoms with Crippen LogP contribution in [0.25, 0.3) is 0 Å². The number of nitrogens with zero attached hydrogens (tertiary/aromatic N) is 2. The Balaban J connectivity index is 1.80. The van der Waals surface area contributed by atoms with Gasteiger partial charge in [-0.1, -0.05) is 0 Å². The van der Waals surface area contributed by atoms with Gasteiger partial charge in [-0.3, -0.25) is 0 Å². The molecular formula is C16H29N3O. The average Bonchev–Trinajstić information content (AvgIpc) is 2.87. The summed E-state index contributed by atoms with van der Waals surface area (Å²) >= 11 is 0.